The van der Waals surface area contributed by atoms with Crippen molar-refractivity contribution in [3.8, 4) is 11.1 Å². The first-order valence-corrected chi connectivity index (χ1v) is 5.66. The van der Waals surface area contributed by atoms with E-state index in [1.807, 2.05) is 30.3 Å². The summed E-state index contributed by atoms with van der Waals surface area (Å²) in [6.07, 6.45) is 1.65. The first-order chi connectivity index (χ1) is 8.75. The van der Waals surface area contributed by atoms with E-state index < -0.39 is 0 Å². The number of carbonyl (C=O) groups excluding carboxylic acids is 2. The largest absolute Gasteiger partial charge is 0.297 e. The van der Waals surface area contributed by atoms with Crippen LogP contribution in [0.15, 0.2) is 36.5 Å². The molecule has 0 aliphatic carbocycles. The smallest absolute Gasteiger partial charge is 0.236 e. The zero-order valence-electron chi connectivity index (χ0n) is 9.59. The van der Waals surface area contributed by atoms with E-state index in [0.717, 1.165) is 11.1 Å². The number of rotatable bonds is 2. The van der Waals surface area contributed by atoms with Crippen molar-refractivity contribution < 1.29 is 9.59 Å². The predicted octanol–water partition coefficient (Wildman–Crippen LogP) is 1.38. The number of carbonyl (C=O) groups is 2. The number of nitrogens with zero attached hydrogens (tertiary/aromatic N) is 2. The summed E-state index contributed by atoms with van der Waals surface area (Å²) in [6, 6.07) is 9.65. The summed E-state index contributed by atoms with van der Waals surface area (Å²) >= 11 is 0. The maximum absolute atomic E-state index is 11.7. The van der Waals surface area contributed by atoms with Crippen LogP contribution in [0.1, 0.15) is 6.42 Å². The van der Waals surface area contributed by atoms with Crippen molar-refractivity contribution in [3.63, 3.8) is 0 Å². The molecule has 1 fully saturated rings. The van der Waals surface area contributed by atoms with Gasteiger partial charge in [0.2, 0.25) is 5.91 Å². The fourth-order valence-electron chi connectivity index (χ4n) is 2.10. The van der Waals surface area contributed by atoms with Crippen molar-refractivity contribution in [3.05, 3.63) is 36.5 Å². The molecule has 3 rings (SSSR count). The number of Topliss-reactive ketones (excluding diaryl/α,β-unsaturated/α-hetero) is 1. The molecule has 1 aromatic heterocycles. The zero-order chi connectivity index (χ0) is 12.5. The molecule has 5 nitrogen and oxygen atoms in total. The second-order valence-electron chi connectivity index (χ2n) is 4.19. The number of aromatic nitrogens is 2. The van der Waals surface area contributed by atoms with E-state index in [0.29, 0.717) is 5.82 Å². The van der Waals surface area contributed by atoms with Crippen molar-refractivity contribution in [2.45, 2.75) is 6.42 Å². The minimum absolute atomic E-state index is 0.0206. The topological polar surface area (TPSA) is 66.1 Å². The highest BCUT2D eigenvalue weighted by molar-refractivity contribution is 6.15. The monoisotopic (exact) mass is 241 g/mol. The number of aromatic amines is 1. The molecular weight excluding hydrogens is 230 g/mol. The SMILES string of the molecule is O=C1CC(=O)N(c2[nH]ncc2-c2ccccc2)C1. The van der Waals surface area contributed by atoms with Gasteiger partial charge in [0.25, 0.3) is 0 Å². The van der Waals surface area contributed by atoms with Crippen molar-refractivity contribution >= 4 is 17.5 Å². The fourth-order valence-corrected chi connectivity index (χ4v) is 2.10. The highest BCUT2D eigenvalue weighted by Gasteiger charge is 2.31. The lowest BCUT2D eigenvalue weighted by Crippen LogP contribution is -2.25. The van der Waals surface area contributed by atoms with Crippen LogP contribution in [-0.4, -0.2) is 28.4 Å². The van der Waals surface area contributed by atoms with Gasteiger partial charge in [0.15, 0.2) is 5.78 Å². The van der Waals surface area contributed by atoms with Crippen LogP contribution >= 0.6 is 0 Å². The number of hydrogen-bond donors (Lipinski definition) is 1. The van der Waals surface area contributed by atoms with E-state index >= 15 is 0 Å². The second-order valence-corrected chi connectivity index (χ2v) is 4.19. The molecule has 0 unspecified atom stereocenters. The number of anilines is 1. The molecule has 0 saturated carbocycles. The van der Waals surface area contributed by atoms with E-state index in [2.05, 4.69) is 10.2 Å². The molecule has 0 radical (unpaired) electrons. The number of H-pyrrole nitrogens is 1. The minimum atomic E-state index is -0.179. The average molecular weight is 241 g/mol. The molecule has 1 aromatic carbocycles. The Morgan fingerprint density at radius 2 is 1.94 bits per heavy atom. The van der Waals surface area contributed by atoms with E-state index in [-0.39, 0.29) is 24.7 Å². The predicted molar refractivity (Wildman–Crippen MR) is 66.0 cm³/mol. The Labute approximate surface area is 103 Å². The van der Waals surface area contributed by atoms with Crippen molar-refractivity contribution in [1.29, 1.82) is 0 Å². The van der Waals surface area contributed by atoms with E-state index in [1.165, 1.54) is 4.90 Å². The summed E-state index contributed by atoms with van der Waals surface area (Å²) in [5, 5.41) is 6.77. The van der Waals surface area contributed by atoms with Gasteiger partial charge < -0.3 is 0 Å². The third-order valence-electron chi connectivity index (χ3n) is 2.96. The van der Waals surface area contributed by atoms with Crippen LogP contribution < -0.4 is 4.90 Å². The van der Waals surface area contributed by atoms with E-state index in [4.69, 9.17) is 0 Å². The van der Waals surface area contributed by atoms with Gasteiger partial charge in [-0.25, -0.2) is 0 Å². The molecule has 0 bridgehead atoms. The maximum Gasteiger partial charge on any atom is 0.236 e. The molecule has 90 valence electrons. The second kappa shape index (κ2) is 4.10. The van der Waals surface area contributed by atoms with Gasteiger partial charge in [0.05, 0.1) is 19.2 Å². The summed E-state index contributed by atoms with van der Waals surface area (Å²) in [4.78, 5) is 24.5. The lowest BCUT2D eigenvalue weighted by atomic mass is 10.1. The van der Waals surface area contributed by atoms with Gasteiger partial charge in [-0.3, -0.25) is 19.6 Å². The van der Waals surface area contributed by atoms with E-state index in [1.54, 1.807) is 6.20 Å². The van der Waals surface area contributed by atoms with Crippen LogP contribution in [0.25, 0.3) is 11.1 Å². The summed E-state index contributed by atoms with van der Waals surface area (Å²) in [7, 11) is 0. The highest BCUT2D eigenvalue weighted by atomic mass is 16.2. The number of nitrogens with one attached hydrogen (secondary N) is 1. The van der Waals surface area contributed by atoms with Crippen LogP contribution in [0.2, 0.25) is 0 Å². The van der Waals surface area contributed by atoms with Gasteiger partial charge in [-0.1, -0.05) is 30.3 Å². The third-order valence-corrected chi connectivity index (χ3v) is 2.96. The van der Waals surface area contributed by atoms with Gasteiger partial charge >= 0.3 is 0 Å². The molecule has 1 amide bonds. The number of benzene rings is 1. The standard InChI is InChI=1S/C13H11N3O2/c17-10-6-12(18)16(8-10)13-11(7-14-15-13)9-4-2-1-3-5-9/h1-5,7H,6,8H2,(H,14,15). The first-order valence-electron chi connectivity index (χ1n) is 5.66. The van der Waals surface area contributed by atoms with Crippen LogP contribution in [-0.2, 0) is 9.59 Å². The van der Waals surface area contributed by atoms with Crippen molar-refractivity contribution in [2.75, 3.05) is 11.4 Å². The quantitative estimate of drug-likeness (QED) is 0.808. The molecule has 1 aliphatic rings. The lowest BCUT2D eigenvalue weighted by Gasteiger charge is -2.14. The Hall–Kier alpha value is -2.43. The fraction of sp³-hybridized carbons (Fsp3) is 0.154. The molecule has 0 atom stereocenters. The van der Waals surface area contributed by atoms with Crippen LogP contribution in [0.4, 0.5) is 5.82 Å². The molecule has 0 spiro atoms. The summed E-state index contributed by atoms with van der Waals surface area (Å²) in [5.74, 6) is 0.354. The van der Waals surface area contributed by atoms with Crippen LogP contribution in [0, 0.1) is 0 Å². The molecule has 2 aromatic rings. The number of amides is 1. The Morgan fingerprint density at radius 1 is 1.17 bits per heavy atom. The Bertz CT molecular complexity index is 604. The van der Waals surface area contributed by atoms with Gasteiger partial charge in [0.1, 0.15) is 5.82 Å². The van der Waals surface area contributed by atoms with Gasteiger partial charge in [-0.05, 0) is 5.56 Å². The molecule has 18 heavy (non-hydrogen) atoms. The number of hydrogen-bond acceptors (Lipinski definition) is 3. The normalized spacial score (nSPS) is 15.4. The third kappa shape index (κ3) is 1.69. The van der Waals surface area contributed by atoms with Crippen molar-refractivity contribution in [2.24, 2.45) is 0 Å². The first kappa shape index (κ1) is 10.7. The molecule has 2 heterocycles. The van der Waals surface area contributed by atoms with Crippen LogP contribution in [0.3, 0.4) is 0 Å². The van der Waals surface area contributed by atoms with Gasteiger partial charge in [-0.15, -0.1) is 0 Å². The Kier molecular flexibility index (Phi) is 2.44. The average Bonchev–Trinajstić information content (AvgIpc) is 2.96. The van der Waals surface area contributed by atoms with Crippen molar-refractivity contribution in [1.82, 2.24) is 10.2 Å². The van der Waals surface area contributed by atoms with Gasteiger partial charge in [0, 0.05) is 5.56 Å². The highest BCUT2D eigenvalue weighted by Crippen LogP contribution is 2.30. The minimum Gasteiger partial charge on any atom is -0.297 e. The van der Waals surface area contributed by atoms with E-state index in [9.17, 15) is 9.59 Å². The summed E-state index contributed by atoms with van der Waals surface area (Å²) in [5.41, 5.74) is 1.80. The summed E-state index contributed by atoms with van der Waals surface area (Å²) < 4.78 is 0. The Balaban J connectivity index is 2.03. The molecule has 1 N–H and O–H groups in total. The molecule has 1 aliphatic heterocycles. The summed E-state index contributed by atoms with van der Waals surface area (Å²) in [6.45, 7) is 0.126. The molecule has 5 heteroatoms. The van der Waals surface area contributed by atoms with Crippen LogP contribution in [0.5, 0.6) is 0 Å². The maximum atomic E-state index is 11.7. The number of ketones is 1. The zero-order valence-corrected chi connectivity index (χ0v) is 9.59. The van der Waals surface area contributed by atoms with Gasteiger partial charge in [-0.2, -0.15) is 5.10 Å². The Morgan fingerprint density at radius 3 is 2.61 bits per heavy atom. The molecular formula is C13H11N3O2. The lowest BCUT2D eigenvalue weighted by molar-refractivity contribution is -0.121. The molecule has 1 saturated heterocycles.